The molecular weight excluding hydrogens is 256 g/mol. The van der Waals surface area contributed by atoms with E-state index in [4.69, 9.17) is 9.15 Å². The lowest BCUT2D eigenvalue weighted by molar-refractivity contribution is 0.223. The summed E-state index contributed by atoms with van der Waals surface area (Å²) in [4.78, 5) is 11.9. The molecule has 0 saturated carbocycles. The van der Waals surface area contributed by atoms with Crippen LogP contribution in [0, 0.1) is 0 Å². The van der Waals surface area contributed by atoms with Gasteiger partial charge in [-0.25, -0.2) is 4.79 Å². The summed E-state index contributed by atoms with van der Waals surface area (Å²) in [5.74, 6) is 0.846. The third-order valence-corrected chi connectivity index (χ3v) is 3.30. The summed E-state index contributed by atoms with van der Waals surface area (Å²) in [6, 6.07) is 9.41. The summed E-state index contributed by atoms with van der Waals surface area (Å²) < 4.78 is 10.5. The molecule has 0 radical (unpaired) electrons. The van der Waals surface area contributed by atoms with E-state index >= 15 is 0 Å². The molecule has 0 bridgehead atoms. The van der Waals surface area contributed by atoms with Crippen molar-refractivity contribution in [2.24, 2.45) is 0 Å². The van der Waals surface area contributed by atoms with Crippen LogP contribution in [0.1, 0.15) is 23.6 Å². The van der Waals surface area contributed by atoms with E-state index in [0.29, 0.717) is 13.2 Å². The van der Waals surface area contributed by atoms with E-state index in [2.05, 4.69) is 10.6 Å². The van der Waals surface area contributed by atoms with Crippen molar-refractivity contribution in [1.82, 2.24) is 10.6 Å². The maximum absolute atomic E-state index is 11.9. The van der Waals surface area contributed by atoms with Crippen LogP contribution in [0.15, 0.2) is 47.3 Å². The van der Waals surface area contributed by atoms with Crippen molar-refractivity contribution in [2.45, 2.75) is 19.0 Å². The molecule has 1 atom stereocenters. The van der Waals surface area contributed by atoms with Gasteiger partial charge in [0.15, 0.2) is 0 Å². The van der Waals surface area contributed by atoms with Gasteiger partial charge in [0, 0.05) is 24.1 Å². The number of hydrogen-bond acceptors (Lipinski definition) is 3. The van der Waals surface area contributed by atoms with Crippen molar-refractivity contribution in [1.29, 1.82) is 0 Å². The summed E-state index contributed by atoms with van der Waals surface area (Å²) in [5.41, 5.74) is 1.96. The number of furan rings is 1. The maximum atomic E-state index is 11.9. The molecule has 1 aliphatic rings. The zero-order valence-electron chi connectivity index (χ0n) is 11.0. The number of nitrogens with one attached hydrogen (secondary N) is 2. The molecule has 2 heterocycles. The zero-order valence-corrected chi connectivity index (χ0v) is 11.0. The summed E-state index contributed by atoms with van der Waals surface area (Å²) in [6.45, 7) is 1.07. The van der Waals surface area contributed by atoms with Gasteiger partial charge in [0.25, 0.3) is 0 Å². The topological polar surface area (TPSA) is 63.5 Å². The SMILES string of the molecule is O=C(NCc1ccoc1)NC1CCOc2ccccc21. The van der Waals surface area contributed by atoms with Crippen LogP contribution in [-0.4, -0.2) is 12.6 Å². The molecule has 5 heteroatoms. The monoisotopic (exact) mass is 272 g/mol. The number of hydrogen-bond donors (Lipinski definition) is 2. The molecule has 2 amide bonds. The van der Waals surface area contributed by atoms with Gasteiger partial charge in [0.05, 0.1) is 25.2 Å². The van der Waals surface area contributed by atoms with Crippen molar-refractivity contribution in [3.8, 4) is 5.75 Å². The molecule has 1 unspecified atom stereocenters. The van der Waals surface area contributed by atoms with Crippen LogP contribution in [0.2, 0.25) is 0 Å². The van der Waals surface area contributed by atoms with Crippen molar-refractivity contribution in [3.63, 3.8) is 0 Å². The van der Waals surface area contributed by atoms with Crippen LogP contribution in [0.5, 0.6) is 5.75 Å². The first kappa shape index (κ1) is 12.6. The maximum Gasteiger partial charge on any atom is 0.315 e. The molecule has 0 spiro atoms. The molecule has 3 rings (SSSR count). The summed E-state index contributed by atoms with van der Waals surface area (Å²) in [7, 11) is 0. The number of carbonyl (C=O) groups is 1. The molecule has 0 fully saturated rings. The second-order valence-corrected chi connectivity index (χ2v) is 4.69. The van der Waals surface area contributed by atoms with E-state index in [1.165, 1.54) is 0 Å². The van der Waals surface area contributed by atoms with Gasteiger partial charge >= 0.3 is 6.03 Å². The highest BCUT2D eigenvalue weighted by Gasteiger charge is 2.22. The minimum absolute atomic E-state index is 0.00991. The van der Waals surface area contributed by atoms with Crippen LogP contribution in [0.4, 0.5) is 4.79 Å². The first-order valence-electron chi connectivity index (χ1n) is 6.60. The fourth-order valence-corrected chi connectivity index (χ4v) is 2.28. The van der Waals surface area contributed by atoms with Gasteiger partial charge in [0.1, 0.15) is 5.75 Å². The molecule has 5 nitrogen and oxygen atoms in total. The Morgan fingerprint density at radius 1 is 1.30 bits per heavy atom. The van der Waals surface area contributed by atoms with Crippen molar-refractivity contribution >= 4 is 6.03 Å². The van der Waals surface area contributed by atoms with Gasteiger partial charge in [-0.3, -0.25) is 0 Å². The predicted octanol–water partition coefficient (Wildman–Crippen LogP) is 2.60. The van der Waals surface area contributed by atoms with E-state index in [1.54, 1.807) is 12.5 Å². The normalized spacial score (nSPS) is 16.9. The standard InChI is InChI=1S/C15H16N2O3/c18-15(16-9-11-5-7-19-10-11)17-13-6-8-20-14-4-2-1-3-12(13)14/h1-5,7,10,13H,6,8-9H2,(H2,16,17,18). The summed E-state index contributed by atoms with van der Waals surface area (Å²) in [6.07, 6.45) is 3.98. The molecule has 1 aliphatic heterocycles. The minimum atomic E-state index is -0.187. The van der Waals surface area contributed by atoms with E-state index < -0.39 is 0 Å². The molecule has 1 aromatic carbocycles. The van der Waals surface area contributed by atoms with Gasteiger partial charge in [-0.15, -0.1) is 0 Å². The fraction of sp³-hybridized carbons (Fsp3) is 0.267. The van der Waals surface area contributed by atoms with E-state index in [0.717, 1.165) is 23.3 Å². The largest absolute Gasteiger partial charge is 0.493 e. The van der Waals surface area contributed by atoms with Gasteiger partial charge in [-0.05, 0) is 12.1 Å². The van der Waals surface area contributed by atoms with Gasteiger partial charge < -0.3 is 19.8 Å². The Kier molecular flexibility index (Phi) is 3.58. The number of urea groups is 1. The lowest BCUT2D eigenvalue weighted by Gasteiger charge is -2.26. The quantitative estimate of drug-likeness (QED) is 0.902. The molecule has 2 N–H and O–H groups in total. The Labute approximate surface area is 116 Å². The summed E-state index contributed by atoms with van der Waals surface area (Å²) >= 11 is 0. The average Bonchev–Trinajstić information content (AvgIpc) is 2.99. The second-order valence-electron chi connectivity index (χ2n) is 4.69. The molecule has 20 heavy (non-hydrogen) atoms. The lowest BCUT2D eigenvalue weighted by atomic mass is 10.0. The van der Waals surface area contributed by atoms with Crippen molar-refractivity contribution in [2.75, 3.05) is 6.61 Å². The van der Waals surface area contributed by atoms with E-state index in [-0.39, 0.29) is 12.1 Å². The van der Waals surface area contributed by atoms with Gasteiger partial charge in [-0.1, -0.05) is 18.2 Å². The average molecular weight is 272 g/mol. The molecule has 104 valence electrons. The Hall–Kier alpha value is -2.43. The zero-order chi connectivity index (χ0) is 13.8. The van der Waals surface area contributed by atoms with Crippen LogP contribution in [-0.2, 0) is 6.54 Å². The lowest BCUT2D eigenvalue weighted by Crippen LogP contribution is -2.39. The van der Waals surface area contributed by atoms with E-state index in [1.807, 2.05) is 30.3 Å². The summed E-state index contributed by atoms with van der Waals surface area (Å²) in [5, 5.41) is 5.79. The smallest absolute Gasteiger partial charge is 0.315 e. The van der Waals surface area contributed by atoms with Crippen molar-refractivity contribution < 1.29 is 13.9 Å². The van der Waals surface area contributed by atoms with Crippen LogP contribution in [0.3, 0.4) is 0 Å². The van der Waals surface area contributed by atoms with Crippen LogP contribution in [0.25, 0.3) is 0 Å². The number of para-hydroxylation sites is 1. The first-order chi connectivity index (χ1) is 9.83. The molecule has 0 saturated heterocycles. The Bertz CT molecular complexity index is 581. The molecule has 1 aromatic heterocycles. The minimum Gasteiger partial charge on any atom is -0.493 e. The second kappa shape index (κ2) is 5.69. The van der Waals surface area contributed by atoms with E-state index in [9.17, 15) is 4.79 Å². The molecular formula is C15H16N2O3. The van der Waals surface area contributed by atoms with Crippen LogP contribution < -0.4 is 15.4 Å². The Morgan fingerprint density at radius 2 is 2.20 bits per heavy atom. The highest BCUT2D eigenvalue weighted by atomic mass is 16.5. The number of amides is 2. The number of benzene rings is 1. The third kappa shape index (κ3) is 2.77. The number of rotatable bonds is 3. The molecule has 0 aliphatic carbocycles. The third-order valence-electron chi connectivity index (χ3n) is 3.30. The van der Waals surface area contributed by atoms with Crippen molar-refractivity contribution in [3.05, 3.63) is 54.0 Å². The Balaban J connectivity index is 1.59. The van der Waals surface area contributed by atoms with Gasteiger partial charge in [0.2, 0.25) is 0 Å². The predicted molar refractivity (Wildman–Crippen MR) is 73.4 cm³/mol. The molecule has 2 aromatic rings. The van der Waals surface area contributed by atoms with Gasteiger partial charge in [-0.2, -0.15) is 0 Å². The Morgan fingerprint density at radius 3 is 3.05 bits per heavy atom. The fourth-order valence-electron chi connectivity index (χ4n) is 2.28. The first-order valence-corrected chi connectivity index (χ1v) is 6.60. The highest BCUT2D eigenvalue weighted by molar-refractivity contribution is 5.74. The number of carbonyl (C=O) groups excluding carboxylic acids is 1. The number of fused-ring (bicyclic) bond motifs is 1. The number of ether oxygens (including phenoxy) is 1. The highest BCUT2D eigenvalue weighted by Crippen LogP contribution is 2.31. The van der Waals surface area contributed by atoms with Crippen LogP contribution >= 0.6 is 0 Å².